The zero-order valence-electron chi connectivity index (χ0n) is 13.0. The monoisotopic (exact) mass is 329 g/mol. The number of phenolic OH excluding ortho intramolecular Hbond substituents is 1. The van der Waals surface area contributed by atoms with Crippen LogP contribution in [-0.4, -0.2) is 14.9 Å². The minimum absolute atomic E-state index is 0.397. The van der Waals surface area contributed by atoms with Crippen molar-refractivity contribution in [2.24, 2.45) is 0 Å². The zero-order valence-corrected chi connectivity index (χ0v) is 13.0. The first kappa shape index (κ1) is 14.9. The lowest BCUT2D eigenvalue weighted by atomic mass is 10.1. The van der Waals surface area contributed by atoms with Crippen molar-refractivity contribution in [3.05, 3.63) is 84.1 Å². The Morgan fingerprint density at radius 3 is 2.24 bits per heavy atom. The molecular formula is C20H12FN3O. The van der Waals surface area contributed by atoms with E-state index in [1.54, 1.807) is 23.0 Å². The predicted molar refractivity (Wildman–Crippen MR) is 94.4 cm³/mol. The number of rotatable bonds is 2. The van der Waals surface area contributed by atoms with Gasteiger partial charge in [0.25, 0.3) is 0 Å². The van der Waals surface area contributed by atoms with Crippen molar-refractivity contribution < 1.29 is 9.50 Å². The number of nitrogens with zero attached hydrogens (tertiary/aromatic N) is 3. The van der Waals surface area contributed by atoms with Gasteiger partial charge in [-0.15, -0.1) is 0 Å². The van der Waals surface area contributed by atoms with Gasteiger partial charge in [0.15, 0.2) is 17.3 Å². The molecule has 1 heterocycles. The maximum atomic E-state index is 13.4. The third-order valence-electron chi connectivity index (χ3n) is 4.08. The fourth-order valence-corrected chi connectivity index (χ4v) is 2.76. The van der Waals surface area contributed by atoms with Crippen LogP contribution in [0.2, 0.25) is 0 Å². The van der Waals surface area contributed by atoms with Crippen molar-refractivity contribution in [1.82, 2.24) is 9.78 Å². The maximum absolute atomic E-state index is 13.4. The molecule has 0 amide bonds. The van der Waals surface area contributed by atoms with Gasteiger partial charge in [0.05, 0.1) is 24.0 Å². The number of fused-ring (bicyclic) bond motifs is 1. The quantitative estimate of drug-likeness (QED) is 0.521. The van der Waals surface area contributed by atoms with Gasteiger partial charge in [-0.3, -0.25) is 0 Å². The second-order valence-electron chi connectivity index (χ2n) is 5.62. The van der Waals surface area contributed by atoms with Crippen molar-refractivity contribution in [1.29, 1.82) is 0 Å². The molecule has 0 saturated heterocycles. The van der Waals surface area contributed by atoms with Crippen LogP contribution in [0.15, 0.2) is 66.9 Å². The highest BCUT2D eigenvalue weighted by atomic mass is 19.1. The Hall–Kier alpha value is -3.65. The van der Waals surface area contributed by atoms with Crippen LogP contribution < -0.4 is 0 Å². The Labute approximate surface area is 143 Å². The van der Waals surface area contributed by atoms with E-state index in [-0.39, 0.29) is 0 Å². The van der Waals surface area contributed by atoms with Crippen LogP contribution in [0.25, 0.3) is 32.6 Å². The molecule has 0 atom stereocenters. The third-order valence-corrected chi connectivity index (χ3v) is 4.08. The molecule has 0 bridgehead atoms. The van der Waals surface area contributed by atoms with E-state index >= 15 is 0 Å². The second kappa shape index (κ2) is 5.77. The summed E-state index contributed by atoms with van der Waals surface area (Å²) in [7, 11) is 0. The molecule has 1 N–H and O–H groups in total. The minimum atomic E-state index is -0.662. The average molecular weight is 329 g/mol. The van der Waals surface area contributed by atoms with Crippen molar-refractivity contribution in [2.45, 2.75) is 0 Å². The molecule has 0 fully saturated rings. The van der Waals surface area contributed by atoms with Crippen LogP contribution in [0.4, 0.5) is 10.1 Å². The molecule has 0 aliphatic rings. The highest BCUT2D eigenvalue weighted by molar-refractivity contribution is 5.82. The number of halogens is 1. The SMILES string of the molecule is [C-]#[N+]c1ccc(-c2ccc(-n3ncc4cc(F)c(O)cc43)cc2)cc1. The first-order chi connectivity index (χ1) is 12.2. The van der Waals surface area contributed by atoms with Gasteiger partial charge in [0, 0.05) is 11.5 Å². The van der Waals surface area contributed by atoms with E-state index in [0.717, 1.165) is 16.8 Å². The van der Waals surface area contributed by atoms with E-state index in [2.05, 4.69) is 9.94 Å². The van der Waals surface area contributed by atoms with Gasteiger partial charge in [0.2, 0.25) is 0 Å². The van der Waals surface area contributed by atoms with Crippen LogP contribution in [-0.2, 0) is 0 Å². The number of hydrogen-bond acceptors (Lipinski definition) is 2. The topological polar surface area (TPSA) is 42.4 Å². The maximum Gasteiger partial charge on any atom is 0.187 e. The zero-order chi connectivity index (χ0) is 17.4. The van der Waals surface area contributed by atoms with Crippen molar-refractivity contribution >= 4 is 16.6 Å². The lowest BCUT2D eigenvalue weighted by Gasteiger charge is -2.07. The lowest BCUT2D eigenvalue weighted by molar-refractivity contribution is 0.433. The second-order valence-corrected chi connectivity index (χ2v) is 5.62. The van der Waals surface area contributed by atoms with E-state index in [9.17, 15) is 9.50 Å². The normalized spacial score (nSPS) is 10.7. The molecule has 0 aliphatic carbocycles. The molecule has 1 aromatic heterocycles. The molecular weight excluding hydrogens is 317 g/mol. The number of benzene rings is 3. The molecule has 5 heteroatoms. The Kier molecular flexibility index (Phi) is 3.44. The number of aromatic nitrogens is 2. The Morgan fingerprint density at radius 2 is 1.60 bits per heavy atom. The summed E-state index contributed by atoms with van der Waals surface area (Å²) in [4.78, 5) is 3.39. The van der Waals surface area contributed by atoms with Crippen LogP contribution in [0.1, 0.15) is 0 Å². The summed E-state index contributed by atoms with van der Waals surface area (Å²) in [5.74, 6) is -1.06. The summed E-state index contributed by atoms with van der Waals surface area (Å²) in [6.07, 6.45) is 1.56. The minimum Gasteiger partial charge on any atom is -0.505 e. The number of aromatic hydroxyl groups is 1. The first-order valence-corrected chi connectivity index (χ1v) is 7.60. The van der Waals surface area contributed by atoms with Gasteiger partial charge >= 0.3 is 0 Å². The molecule has 25 heavy (non-hydrogen) atoms. The lowest BCUT2D eigenvalue weighted by Crippen LogP contribution is -1.95. The van der Waals surface area contributed by atoms with Crippen molar-refractivity contribution in [3.63, 3.8) is 0 Å². The summed E-state index contributed by atoms with van der Waals surface area (Å²) >= 11 is 0. The van der Waals surface area contributed by atoms with Crippen LogP contribution in [0, 0.1) is 12.4 Å². The van der Waals surface area contributed by atoms with Gasteiger partial charge in [-0.2, -0.15) is 5.10 Å². The molecule has 120 valence electrons. The highest BCUT2D eigenvalue weighted by Gasteiger charge is 2.10. The van der Waals surface area contributed by atoms with E-state index in [4.69, 9.17) is 6.57 Å². The smallest absolute Gasteiger partial charge is 0.187 e. The van der Waals surface area contributed by atoms with Gasteiger partial charge in [-0.05, 0) is 29.3 Å². The Balaban J connectivity index is 1.73. The summed E-state index contributed by atoms with van der Waals surface area (Å²) in [5.41, 5.74) is 4.08. The Bertz CT molecular complexity index is 1110. The van der Waals surface area contributed by atoms with Gasteiger partial charge in [0.1, 0.15) is 0 Å². The van der Waals surface area contributed by atoms with Gasteiger partial charge in [-0.25, -0.2) is 13.9 Å². The summed E-state index contributed by atoms with van der Waals surface area (Å²) in [5, 5.41) is 14.5. The van der Waals surface area contributed by atoms with Crippen LogP contribution >= 0.6 is 0 Å². The van der Waals surface area contributed by atoms with E-state index < -0.39 is 11.6 Å². The predicted octanol–water partition coefficient (Wildman–Crippen LogP) is 5.09. The summed E-state index contributed by atoms with van der Waals surface area (Å²) < 4.78 is 15.1. The Morgan fingerprint density at radius 1 is 0.960 bits per heavy atom. The van der Waals surface area contributed by atoms with Gasteiger partial charge < -0.3 is 5.11 Å². The molecule has 4 nitrogen and oxygen atoms in total. The molecule has 0 unspecified atom stereocenters. The van der Waals surface area contributed by atoms with Crippen molar-refractivity contribution in [2.75, 3.05) is 0 Å². The van der Waals surface area contributed by atoms with Crippen molar-refractivity contribution in [3.8, 4) is 22.6 Å². The molecule has 4 rings (SSSR count). The molecule has 0 saturated carbocycles. The van der Waals surface area contributed by atoms with E-state index in [0.29, 0.717) is 16.6 Å². The molecule has 0 spiro atoms. The number of phenols is 1. The van der Waals surface area contributed by atoms with Gasteiger partial charge in [-0.1, -0.05) is 36.4 Å². The first-order valence-electron chi connectivity index (χ1n) is 7.60. The fourth-order valence-electron chi connectivity index (χ4n) is 2.76. The van der Waals surface area contributed by atoms with Crippen LogP contribution in [0.3, 0.4) is 0 Å². The standard InChI is InChI=1S/C20H12FN3O/c1-22-16-6-2-13(3-7-16)14-4-8-17(9-5-14)24-19-11-20(25)18(21)10-15(19)12-23-24/h2-12,25H. The molecule has 3 aromatic carbocycles. The fraction of sp³-hybridized carbons (Fsp3) is 0. The summed E-state index contributed by atoms with van der Waals surface area (Å²) in [6.45, 7) is 7.00. The van der Waals surface area contributed by atoms with E-state index in [1.807, 2.05) is 36.4 Å². The number of hydrogen-bond donors (Lipinski definition) is 1. The highest BCUT2D eigenvalue weighted by Crippen LogP contribution is 2.27. The largest absolute Gasteiger partial charge is 0.505 e. The molecule has 0 aliphatic heterocycles. The summed E-state index contributed by atoms with van der Waals surface area (Å²) in [6, 6.07) is 17.8. The molecule has 0 radical (unpaired) electrons. The van der Waals surface area contributed by atoms with Crippen LogP contribution in [0.5, 0.6) is 5.75 Å². The molecule has 4 aromatic rings. The third kappa shape index (κ3) is 2.60. The average Bonchev–Trinajstić information content (AvgIpc) is 3.05. The van der Waals surface area contributed by atoms with E-state index in [1.165, 1.54) is 12.1 Å².